The molecule has 0 aliphatic heterocycles. The molecule has 0 radical (unpaired) electrons. The fourth-order valence-electron chi connectivity index (χ4n) is 4.88. The average molecular weight is 829 g/mol. The van der Waals surface area contributed by atoms with Crippen LogP contribution in [0.2, 0.25) is 0 Å². The van der Waals surface area contributed by atoms with Gasteiger partial charge in [0.1, 0.15) is 6.61 Å². The Bertz CT molecular complexity index is 1330. The molecule has 25 nitrogen and oxygen atoms in total. The predicted molar refractivity (Wildman–Crippen MR) is 198 cm³/mol. The Balaban J connectivity index is 3.27. The maximum Gasteiger partial charge on any atom is 0.409 e. The number of hydrogen-bond donors (Lipinski definition) is 8. The highest BCUT2D eigenvalue weighted by atomic mass is 16.6. The van der Waals surface area contributed by atoms with Crippen molar-refractivity contribution in [2.24, 2.45) is 0 Å². The van der Waals surface area contributed by atoms with E-state index < -0.39 is 74.7 Å². The number of aromatic nitrogens is 3. The van der Waals surface area contributed by atoms with Crippen LogP contribution in [0.15, 0.2) is 14.4 Å². The molecule has 1 aromatic rings. The number of carbonyl (C=O) groups excluding carboxylic acids is 3. The van der Waals surface area contributed by atoms with E-state index in [1.165, 1.54) is 9.80 Å². The third kappa shape index (κ3) is 20.2. The second kappa shape index (κ2) is 31.9. The van der Waals surface area contributed by atoms with Gasteiger partial charge in [0.15, 0.2) is 0 Å². The molecular weight excluding hydrogens is 768 g/mol. The molecule has 0 bridgehead atoms. The summed E-state index contributed by atoms with van der Waals surface area (Å²) in [4.78, 5) is 82.9. The lowest BCUT2D eigenvalue weighted by atomic mass is 10.5. The van der Waals surface area contributed by atoms with Crippen LogP contribution in [0, 0.1) is 0 Å². The molecule has 0 aliphatic carbocycles. The smallest absolute Gasteiger partial charge is 0.409 e. The molecule has 0 saturated carbocycles. The van der Waals surface area contributed by atoms with E-state index in [0.717, 1.165) is 4.90 Å². The molecule has 0 saturated heterocycles. The lowest BCUT2D eigenvalue weighted by Crippen LogP contribution is -2.56. The van der Waals surface area contributed by atoms with Gasteiger partial charge >= 0.3 is 35.2 Å². The Labute approximate surface area is 328 Å². The van der Waals surface area contributed by atoms with Gasteiger partial charge in [-0.15, -0.1) is 0 Å². The number of carbonyl (C=O) groups is 3. The summed E-state index contributed by atoms with van der Waals surface area (Å²) in [5.41, 5.74) is -3.22. The number of rotatable bonds is 33. The number of aliphatic hydroxyl groups excluding tert-OH is 6. The van der Waals surface area contributed by atoms with Crippen LogP contribution in [-0.2, 0) is 43.3 Å². The molecule has 25 heteroatoms. The number of nitrogens with zero attached hydrogens (tertiary/aromatic N) is 6. The number of hydrogen-bond acceptors (Lipinski definition) is 17. The van der Waals surface area contributed by atoms with E-state index in [4.69, 9.17) is 44.1 Å². The molecule has 1 aromatic heterocycles. The predicted octanol–water partition coefficient (Wildman–Crippen LogP) is -6.35. The normalized spacial score (nSPS) is 11.1. The quantitative estimate of drug-likeness (QED) is 0.0306. The minimum Gasteiger partial charge on any atom is -0.448 e. The summed E-state index contributed by atoms with van der Waals surface area (Å²) in [5, 5.41) is 59.4. The van der Waals surface area contributed by atoms with Gasteiger partial charge in [-0.2, -0.15) is 0 Å². The largest absolute Gasteiger partial charge is 0.448 e. The maximum atomic E-state index is 13.6. The minimum absolute atomic E-state index is 0.0485. The van der Waals surface area contributed by atoms with Crippen molar-refractivity contribution in [3.8, 4) is 0 Å². The fourth-order valence-corrected chi connectivity index (χ4v) is 4.88. The SMILES string of the molecule is O=C(NCCn1c(=O)n(CCNC(=O)N(CCOCCO)CCOCCO)c(=O)n(CCOC(=O)N(CCO)CCO)c1=O)N(CCOCCO)CCOCCO. The number of amides is 5. The van der Waals surface area contributed by atoms with Gasteiger partial charge < -0.3 is 79.7 Å². The van der Waals surface area contributed by atoms with Crippen LogP contribution in [-0.4, -0.2) is 229 Å². The van der Waals surface area contributed by atoms with Crippen LogP contribution in [0.1, 0.15) is 0 Å². The van der Waals surface area contributed by atoms with Gasteiger partial charge in [-0.1, -0.05) is 0 Å². The summed E-state index contributed by atoms with van der Waals surface area (Å²) in [6.07, 6.45) is -0.939. The second-order valence-corrected chi connectivity index (χ2v) is 11.6. The lowest BCUT2D eigenvalue weighted by Gasteiger charge is -2.23. The highest BCUT2D eigenvalue weighted by molar-refractivity contribution is 5.74. The van der Waals surface area contributed by atoms with E-state index in [1.807, 2.05) is 0 Å². The van der Waals surface area contributed by atoms with Gasteiger partial charge in [-0.05, 0) is 0 Å². The number of nitrogens with one attached hydrogen (secondary N) is 2. The monoisotopic (exact) mass is 828 g/mol. The van der Waals surface area contributed by atoms with Crippen LogP contribution in [0.25, 0.3) is 0 Å². The number of aliphatic hydroxyl groups is 6. The van der Waals surface area contributed by atoms with Crippen LogP contribution >= 0.6 is 0 Å². The Morgan fingerprint density at radius 1 is 0.439 bits per heavy atom. The number of ether oxygens (including phenoxy) is 5. The van der Waals surface area contributed by atoms with Crippen molar-refractivity contribution in [3.05, 3.63) is 31.5 Å². The van der Waals surface area contributed by atoms with Crippen molar-refractivity contribution < 1.29 is 68.7 Å². The summed E-state index contributed by atoms with van der Waals surface area (Å²) in [7, 11) is 0. The van der Waals surface area contributed by atoms with Gasteiger partial charge in [-0.3, -0.25) is 0 Å². The van der Waals surface area contributed by atoms with E-state index in [1.54, 1.807) is 0 Å². The topological polar surface area (TPSA) is 319 Å². The fraction of sp³-hybridized carbons (Fsp3) is 0.812. The second-order valence-electron chi connectivity index (χ2n) is 11.6. The van der Waals surface area contributed by atoms with Crippen LogP contribution in [0.5, 0.6) is 0 Å². The molecule has 1 heterocycles. The highest BCUT2D eigenvalue weighted by Gasteiger charge is 2.20. The van der Waals surface area contributed by atoms with Crippen LogP contribution in [0.4, 0.5) is 14.4 Å². The highest BCUT2D eigenvalue weighted by Crippen LogP contribution is 1.96. The third-order valence-corrected chi connectivity index (χ3v) is 7.69. The van der Waals surface area contributed by atoms with Gasteiger partial charge in [0.2, 0.25) is 0 Å². The van der Waals surface area contributed by atoms with Gasteiger partial charge in [0.05, 0.1) is 99.0 Å². The van der Waals surface area contributed by atoms with Crippen LogP contribution in [0.3, 0.4) is 0 Å². The summed E-state index contributed by atoms with van der Waals surface area (Å²) in [6, 6.07) is -1.23. The molecule has 0 aromatic carbocycles. The average Bonchev–Trinajstić information content (AvgIpc) is 3.20. The van der Waals surface area contributed by atoms with Crippen LogP contribution < -0.4 is 27.7 Å². The zero-order valence-electron chi connectivity index (χ0n) is 32.2. The Hall–Kier alpha value is -4.18. The first-order chi connectivity index (χ1) is 27.6. The van der Waals surface area contributed by atoms with Crippen molar-refractivity contribution in [2.45, 2.75) is 19.6 Å². The molecule has 8 N–H and O–H groups in total. The number of urea groups is 2. The van der Waals surface area contributed by atoms with Crippen molar-refractivity contribution in [1.82, 2.24) is 39.0 Å². The van der Waals surface area contributed by atoms with Crippen molar-refractivity contribution >= 4 is 18.2 Å². The first kappa shape index (κ1) is 50.8. The van der Waals surface area contributed by atoms with E-state index in [0.29, 0.717) is 13.7 Å². The molecule has 57 heavy (non-hydrogen) atoms. The summed E-state index contributed by atoms with van der Waals surface area (Å²) in [5.74, 6) is 0. The zero-order chi connectivity index (χ0) is 42.3. The zero-order valence-corrected chi connectivity index (χ0v) is 32.2. The first-order valence-corrected chi connectivity index (χ1v) is 18.5. The lowest BCUT2D eigenvalue weighted by molar-refractivity contribution is 0.0589. The third-order valence-electron chi connectivity index (χ3n) is 7.69. The first-order valence-electron chi connectivity index (χ1n) is 18.5. The molecule has 0 aliphatic rings. The molecule has 0 unspecified atom stereocenters. The van der Waals surface area contributed by atoms with E-state index in [-0.39, 0.29) is 132 Å². The Morgan fingerprint density at radius 3 is 1.09 bits per heavy atom. The summed E-state index contributed by atoms with van der Waals surface area (Å²) < 4.78 is 28.2. The molecule has 0 fully saturated rings. The minimum atomic E-state index is -1.08. The van der Waals surface area contributed by atoms with Gasteiger partial charge in [0.25, 0.3) is 0 Å². The van der Waals surface area contributed by atoms with Crippen molar-refractivity contribution in [1.29, 1.82) is 0 Å². The molecular formula is C32H60N8O17. The van der Waals surface area contributed by atoms with Crippen molar-refractivity contribution in [3.63, 3.8) is 0 Å². The van der Waals surface area contributed by atoms with E-state index >= 15 is 0 Å². The Morgan fingerprint density at radius 2 is 0.772 bits per heavy atom. The van der Waals surface area contributed by atoms with E-state index in [2.05, 4.69) is 10.6 Å². The van der Waals surface area contributed by atoms with Crippen molar-refractivity contribution in [2.75, 3.05) is 151 Å². The maximum absolute atomic E-state index is 13.6. The van der Waals surface area contributed by atoms with Gasteiger partial charge in [0, 0.05) is 65.4 Å². The van der Waals surface area contributed by atoms with Gasteiger partial charge in [-0.25, -0.2) is 42.5 Å². The molecule has 0 atom stereocenters. The standard InChI is InChI=1S/C32H60N8O17/c41-12-5-37(6-13-42)32(52)57-22-11-40-30(50)38(3-1-33-27(47)35(7-18-53-23-14-43)8-19-54-24-15-44)29(49)39(31(40)51)4-2-34-28(48)36(9-20-55-25-16-45)10-21-56-26-17-46/h41-46H,1-26H2,(H,33,47)(H,34,48). The van der Waals surface area contributed by atoms with E-state index in [9.17, 15) is 39.0 Å². The summed E-state index contributed by atoms with van der Waals surface area (Å²) in [6.45, 7) is -3.57. The molecule has 330 valence electrons. The molecule has 5 amide bonds. The molecule has 1 rings (SSSR count). The summed E-state index contributed by atoms with van der Waals surface area (Å²) >= 11 is 0. The Kier molecular flexibility index (Phi) is 28.4. The molecule has 0 spiro atoms.